The van der Waals surface area contributed by atoms with E-state index in [1.54, 1.807) is 38.7 Å². The molecule has 1 aromatic carbocycles. The zero-order valence-electron chi connectivity index (χ0n) is 13.0. The van der Waals surface area contributed by atoms with Gasteiger partial charge in [0.05, 0.1) is 32.0 Å². The molecule has 118 valence electrons. The third-order valence-corrected chi connectivity index (χ3v) is 3.66. The van der Waals surface area contributed by atoms with Crippen LogP contribution in [0.3, 0.4) is 0 Å². The minimum absolute atomic E-state index is 0.152. The normalized spacial score (nSPS) is 13.7. The Morgan fingerprint density at radius 2 is 2.09 bits per heavy atom. The van der Waals surface area contributed by atoms with Gasteiger partial charge in [-0.05, 0) is 24.3 Å². The molecule has 23 heavy (non-hydrogen) atoms. The number of hydrazone groups is 1. The van der Waals surface area contributed by atoms with Crippen LogP contribution in [0, 0.1) is 0 Å². The number of rotatable bonds is 4. The Balaban J connectivity index is 1.87. The predicted molar refractivity (Wildman–Crippen MR) is 86.0 cm³/mol. The maximum Gasteiger partial charge on any atom is 0.275 e. The molecule has 6 nitrogen and oxygen atoms in total. The van der Waals surface area contributed by atoms with E-state index in [1.807, 2.05) is 18.2 Å². The van der Waals surface area contributed by atoms with Crippen molar-refractivity contribution in [3.8, 4) is 11.5 Å². The van der Waals surface area contributed by atoms with Gasteiger partial charge in [0, 0.05) is 30.4 Å². The molecule has 0 atom stereocenters. The van der Waals surface area contributed by atoms with Crippen molar-refractivity contribution in [3.63, 3.8) is 0 Å². The van der Waals surface area contributed by atoms with E-state index in [0.717, 1.165) is 11.3 Å². The summed E-state index contributed by atoms with van der Waals surface area (Å²) in [6.45, 7) is 0.540. The predicted octanol–water partition coefficient (Wildman–Crippen LogP) is 2.35. The summed E-state index contributed by atoms with van der Waals surface area (Å²) in [5.74, 6) is 1.24. The second-order valence-electron chi connectivity index (χ2n) is 5.03. The molecule has 0 N–H and O–H groups in total. The van der Waals surface area contributed by atoms with Crippen LogP contribution in [0.1, 0.15) is 22.3 Å². The highest BCUT2D eigenvalue weighted by atomic mass is 16.5. The summed E-state index contributed by atoms with van der Waals surface area (Å²) >= 11 is 0. The zero-order chi connectivity index (χ0) is 16.2. The topological polar surface area (TPSA) is 64.0 Å². The van der Waals surface area contributed by atoms with Crippen molar-refractivity contribution in [1.29, 1.82) is 0 Å². The van der Waals surface area contributed by atoms with Gasteiger partial charge < -0.3 is 9.47 Å². The molecular weight excluding hydrogens is 294 g/mol. The van der Waals surface area contributed by atoms with Crippen molar-refractivity contribution in [2.45, 2.75) is 6.42 Å². The third-order valence-electron chi connectivity index (χ3n) is 3.66. The lowest BCUT2D eigenvalue weighted by molar-refractivity contribution is 0.0778. The van der Waals surface area contributed by atoms with Crippen molar-refractivity contribution in [1.82, 2.24) is 9.99 Å². The van der Waals surface area contributed by atoms with Gasteiger partial charge in [0.25, 0.3) is 5.91 Å². The number of hydrogen-bond acceptors (Lipinski definition) is 5. The van der Waals surface area contributed by atoms with E-state index in [-0.39, 0.29) is 5.91 Å². The monoisotopic (exact) mass is 311 g/mol. The SMILES string of the molecule is COc1ccc(C2=NN(C(=O)c3cccnc3)CC2)c(OC)c1. The second kappa shape index (κ2) is 6.48. The molecule has 0 bridgehead atoms. The van der Waals surface area contributed by atoms with Crippen LogP contribution in [0.25, 0.3) is 0 Å². The van der Waals surface area contributed by atoms with Gasteiger partial charge >= 0.3 is 0 Å². The molecule has 0 spiro atoms. The Bertz CT molecular complexity index is 744. The summed E-state index contributed by atoms with van der Waals surface area (Å²) in [4.78, 5) is 16.4. The smallest absolute Gasteiger partial charge is 0.275 e. The van der Waals surface area contributed by atoms with Crippen LogP contribution < -0.4 is 9.47 Å². The van der Waals surface area contributed by atoms with E-state index < -0.39 is 0 Å². The molecule has 0 saturated carbocycles. The number of methoxy groups -OCH3 is 2. The van der Waals surface area contributed by atoms with Gasteiger partial charge in [-0.1, -0.05) is 0 Å². The van der Waals surface area contributed by atoms with E-state index >= 15 is 0 Å². The number of amides is 1. The number of carbonyl (C=O) groups is 1. The summed E-state index contributed by atoms with van der Waals surface area (Å²) in [5, 5.41) is 5.92. The van der Waals surface area contributed by atoms with Crippen molar-refractivity contribution < 1.29 is 14.3 Å². The number of hydrogen-bond donors (Lipinski definition) is 0. The van der Waals surface area contributed by atoms with Gasteiger partial charge in [-0.15, -0.1) is 0 Å². The molecule has 0 radical (unpaired) electrons. The number of aromatic nitrogens is 1. The average molecular weight is 311 g/mol. The highest BCUT2D eigenvalue weighted by molar-refractivity contribution is 6.06. The molecular formula is C17H17N3O3. The first-order valence-electron chi connectivity index (χ1n) is 7.24. The molecule has 2 aromatic rings. The molecule has 1 aliphatic rings. The lowest BCUT2D eigenvalue weighted by Gasteiger charge is -2.11. The molecule has 0 unspecified atom stereocenters. The Kier molecular flexibility index (Phi) is 4.23. The van der Waals surface area contributed by atoms with E-state index in [9.17, 15) is 4.79 Å². The fourth-order valence-electron chi connectivity index (χ4n) is 2.47. The van der Waals surface area contributed by atoms with Crippen LogP contribution in [0.15, 0.2) is 47.8 Å². The van der Waals surface area contributed by atoms with Gasteiger partial charge in [0.15, 0.2) is 0 Å². The molecule has 0 saturated heterocycles. The van der Waals surface area contributed by atoms with Crippen LogP contribution in [0.4, 0.5) is 0 Å². The number of ether oxygens (including phenoxy) is 2. The van der Waals surface area contributed by atoms with Crippen LogP contribution >= 0.6 is 0 Å². The first-order chi connectivity index (χ1) is 11.2. The minimum Gasteiger partial charge on any atom is -0.497 e. The largest absolute Gasteiger partial charge is 0.497 e. The summed E-state index contributed by atoms with van der Waals surface area (Å²) in [7, 11) is 3.21. The van der Waals surface area contributed by atoms with Crippen molar-refractivity contribution >= 4 is 11.6 Å². The first-order valence-corrected chi connectivity index (χ1v) is 7.24. The molecule has 0 aliphatic carbocycles. The van der Waals surface area contributed by atoms with Crippen molar-refractivity contribution in [2.24, 2.45) is 5.10 Å². The van der Waals surface area contributed by atoms with Crippen molar-refractivity contribution in [3.05, 3.63) is 53.9 Å². The molecule has 2 heterocycles. The Morgan fingerprint density at radius 3 is 2.78 bits per heavy atom. The minimum atomic E-state index is -0.152. The lowest BCUT2D eigenvalue weighted by Crippen LogP contribution is -2.23. The molecule has 1 amide bonds. The summed E-state index contributed by atoms with van der Waals surface area (Å²) in [6.07, 6.45) is 3.86. The van der Waals surface area contributed by atoms with E-state index in [2.05, 4.69) is 10.1 Å². The Hall–Kier alpha value is -2.89. The second-order valence-corrected chi connectivity index (χ2v) is 5.03. The molecule has 0 fully saturated rings. The van der Waals surface area contributed by atoms with Crippen LogP contribution in [-0.4, -0.2) is 42.4 Å². The Labute approximate surface area is 134 Å². The van der Waals surface area contributed by atoms with Gasteiger partial charge in [0.1, 0.15) is 11.5 Å². The van der Waals surface area contributed by atoms with Crippen LogP contribution in [0.5, 0.6) is 11.5 Å². The summed E-state index contributed by atoms with van der Waals surface area (Å²) in [5.41, 5.74) is 2.22. The van der Waals surface area contributed by atoms with Crippen LogP contribution in [-0.2, 0) is 0 Å². The van der Waals surface area contributed by atoms with E-state index in [1.165, 1.54) is 5.01 Å². The lowest BCUT2D eigenvalue weighted by atomic mass is 10.1. The zero-order valence-corrected chi connectivity index (χ0v) is 13.0. The Morgan fingerprint density at radius 1 is 1.22 bits per heavy atom. The molecule has 6 heteroatoms. The molecule has 3 rings (SSSR count). The van der Waals surface area contributed by atoms with E-state index in [4.69, 9.17) is 9.47 Å². The van der Waals surface area contributed by atoms with Gasteiger partial charge in [0.2, 0.25) is 0 Å². The molecule has 1 aliphatic heterocycles. The number of pyridine rings is 1. The summed E-state index contributed by atoms with van der Waals surface area (Å²) in [6, 6.07) is 9.03. The van der Waals surface area contributed by atoms with E-state index in [0.29, 0.717) is 30.0 Å². The van der Waals surface area contributed by atoms with Crippen molar-refractivity contribution in [2.75, 3.05) is 20.8 Å². The van der Waals surface area contributed by atoms with Gasteiger partial charge in [-0.3, -0.25) is 9.78 Å². The standard InChI is InChI=1S/C17H17N3O3/c1-22-13-5-6-14(16(10-13)23-2)15-7-9-20(19-15)17(21)12-4-3-8-18-11-12/h3-6,8,10-11H,7,9H2,1-2H3. The van der Waals surface area contributed by atoms with Gasteiger partial charge in [-0.25, -0.2) is 5.01 Å². The fraction of sp³-hybridized carbons (Fsp3) is 0.235. The highest BCUT2D eigenvalue weighted by Gasteiger charge is 2.24. The maximum atomic E-state index is 12.4. The number of benzene rings is 1. The average Bonchev–Trinajstić information content (AvgIpc) is 3.11. The number of nitrogens with zero attached hydrogens (tertiary/aromatic N) is 3. The fourth-order valence-corrected chi connectivity index (χ4v) is 2.47. The maximum absolute atomic E-state index is 12.4. The highest BCUT2D eigenvalue weighted by Crippen LogP contribution is 2.28. The first kappa shape index (κ1) is 15.0. The molecule has 1 aromatic heterocycles. The number of carbonyl (C=O) groups excluding carboxylic acids is 1. The summed E-state index contributed by atoms with van der Waals surface area (Å²) < 4.78 is 10.6. The quantitative estimate of drug-likeness (QED) is 0.869. The van der Waals surface area contributed by atoms with Gasteiger partial charge in [-0.2, -0.15) is 5.10 Å². The van der Waals surface area contributed by atoms with Crippen LogP contribution in [0.2, 0.25) is 0 Å². The third kappa shape index (κ3) is 3.01.